The van der Waals surface area contributed by atoms with Crippen LogP contribution in [0.2, 0.25) is 0 Å². The van der Waals surface area contributed by atoms with E-state index in [1.54, 1.807) is 0 Å². The van der Waals surface area contributed by atoms with Crippen molar-refractivity contribution in [2.45, 2.75) is 89.2 Å². The first kappa shape index (κ1) is 19.2. The van der Waals surface area contributed by atoms with Gasteiger partial charge in [0.15, 0.2) is 0 Å². The lowest BCUT2D eigenvalue weighted by Crippen LogP contribution is -2.45. The minimum atomic E-state index is 0. The fourth-order valence-electron chi connectivity index (χ4n) is 4.71. The number of Topliss-reactive ketones (excluding diaryl/α,β-unsaturated/α-hetero) is 1. The maximum absolute atomic E-state index is 11.6. The molecule has 2 aliphatic carbocycles. The molecule has 0 bridgehead atoms. The average molecular weight is 344 g/mol. The molecule has 3 rings (SSSR count). The summed E-state index contributed by atoms with van der Waals surface area (Å²) >= 11 is 0. The van der Waals surface area contributed by atoms with Gasteiger partial charge in [-0.05, 0) is 31.6 Å². The predicted octanol–water partition coefficient (Wildman–Crippen LogP) is 4.37. The second-order valence-electron chi connectivity index (χ2n) is 7.67. The van der Waals surface area contributed by atoms with Gasteiger partial charge >= 0.3 is 0 Å². The summed E-state index contributed by atoms with van der Waals surface area (Å²) in [7, 11) is 0. The zero-order chi connectivity index (χ0) is 15.2. The van der Waals surface area contributed by atoms with E-state index in [4.69, 9.17) is 4.74 Å². The van der Waals surface area contributed by atoms with Gasteiger partial charge in [0.05, 0.1) is 12.6 Å². The Morgan fingerprint density at radius 3 is 2.48 bits per heavy atom. The number of likely N-dealkylation sites (tertiary alicyclic amines) is 1. The molecule has 0 unspecified atom stereocenters. The highest BCUT2D eigenvalue weighted by molar-refractivity contribution is 5.85. The molecular formula is C19H34ClNO2. The third kappa shape index (κ3) is 5.72. The number of ketones is 1. The van der Waals surface area contributed by atoms with Gasteiger partial charge < -0.3 is 4.74 Å². The van der Waals surface area contributed by atoms with Crippen molar-refractivity contribution in [1.29, 1.82) is 0 Å². The van der Waals surface area contributed by atoms with Crippen LogP contribution in [0.5, 0.6) is 0 Å². The Morgan fingerprint density at radius 1 is 1.00 bits per heavy atom. The monoisotopic (exact) mass is 343 g/mol. The molecule has 134 valence electrons. The van der Waals surface area contributed by atoms with Crippen molar-refractivity contribution in [2.75, 3.05) is 19.7 Å². The van der Waals surface area contributed by atoms with Crippen LogP contribution in [-0.2, 0) is 9.53 Å². The molecule has 3 aliphatic rings. The summed E-state index contributed by atoms with van der Waals surface area (Å²) in [6.07, 6.45) is 16.0. The molecule has 1 heterocycles. The van der Waals surface area contributed by atoms with Crippen molar-refractivity contribution in [1.82, 2.24) is 4.90 Å². The maximum Gasteiger partial charge on any atom is 0.148 e. The molecule has 1 aliphatic heterocycles. The molecule has 3 fully saturated rings. The van der Waals surface area contributed by atoms with Crippen LogP contribution in [0.1, 0.15) is 77.0 Å². The highest BCUT2D eigenvalue weighted by Gasteiger charge is 2.34. The van der Waals surface area contributed by atoms with Crippen molar-refractivity contribution in [3.8, 4) is 0 Å². The lowest BCUT2D eigenvalue weighted by Gasteiger charge is -2.37. The SMILES string of the molecule is Cl.O=C1CCN([C@@H]2CCCC[C@@H]2OCCCC2CCCCC2)C1. The van der Waals surface area contributed by atoms with Crippen LogP contribution in [0.15, 0.2) is 0 Å². The predicted molar refractivity (Wildman–Crippen MR) is 96.3 cm³/mol. The van der Waals surface area contributed by atoms with Crippen LogP contribution in [0.4, 0.5) is 0 Å². The number of ether oxygens (including phenoxy) is 1. The van der Waals surface area contributed by atoms with Crippen LogP contribution in [-0.4, -0.2) is 42.5 Å². The summed E-state index contributed by atoms with van der Waals surface area (Å²) in [6.45, 7) is 2.57. The van der Waals surface area contributed by atoms with Gasteiger partial charge in [0, 0.05) is 25.6 Å². The molecule has 0 aromatic rings. The molecule has 0 aromatic heterocycles. The number of carbonyl (C=O) groups excluding carboxylic acids is 1. The topological polar surface area (TPSA) is 29.5 Å². The summed E-state index contributed by atoms with van der Waals surface area (Å²) in [6, 6.07) is 0.509. The largest absolute Gasteiger partial charge is 0.377 e. The number of halogens is 1. The zero-order valence-corrected chi connectivity index (χ0v) is 15.3. The van der Waals surface area contributed by atoms with E-state index in [9.17, 15) is 4.79 Å². The molecule has 3 nitrogen and oxygen atoms in total. The van der Waals surface area contributed by atoms with Gasteiger partial charge in [0.2, 0.25) is 0 Å². The van der Waals surface area contributed by atoms with Gasteiger partial charge in [-0.2, -0.15) is 0 Å². The molecule has 23 heavy (non-hydrogen) atoms. The Hall–Kier alpha value is -0.120. The molecule has 0 radical (unpaired) electrons. The third-order valence-corrected chi connectivity index (χ3v) is 6.01. The number of nitrogens with zero attached hydrogens (tertiary/aromatic N) is 1. The Kier molecular flexibility index (Phi) is 8.35. The van der Waals surface area contributed by atoms with Gasteiger partial charge in [-0.25, -0.2) is 0 Å². The van der Waals surface area contributed by atoms with E-state index in [0.717, 1.165) is 25.5 Å². The van der Waals surface area contributed by atoms with Crippen LogP contribution in [0, 0.1) is 5.92 Å². The quantitative estimate of drug-likeness (QED) is 0.670. The Morgan fingerprint density at radius 2 is 1.74 bits per heavy atom. The summed E-state index contributed by atoms with van der Waals surface area (Å²) in [5, 5.41) is 0. The summed E-state index contributed by atoms with van der Waals surface area (Å²) in [5.74, 6) is 1.39. The Bertz CT molecular complexity index is 357. The number of rotatable bonds is 6. The van der Waals surface area contributed by atoms with E-state index in [1.165, 1.54) is 70.6 Å². The number of hydrogen-bond donors (Lipinski definition) is 0. The lowest BCUT2D eigenvalue weighted by molar-refractivity contribution is -0.117. The van der Waals surface area contributed by atoms with E-state index in [0.29, 0.717) is 24.5 Å². The van der Waals surface area contributed by atoms with Crippen molar-refractivity contribution in [3.05, 3.63) is 0 Å². The van der Waals surface area contributed by atoms with E-state index in [1.807, 2.05) is 0 Å². The van der Waals surface area contributed by atoms with Crippen molar-refractivity contribution < 1.29 is 9.53 Å². The fourth-order valence-corrected chi connectivity index (χ4v) is 4.71. The molecule has 0 N–H and O–H groups in total. The standard InChI is InChI=1S/C19H33NO2.ClH/c21-17-12-13-20(15-17)18-10-4-5-11-19(18)22-14-6-9-16-7-2-1-3-8-16;/h16,18-19H,1-15H2;1H/t18-,19+;/m1./s1. The van der Waals surface area contributed by atoms with E-state index >= 15 is 0 Å². The minimum Gasteiger partial charge on any atom is -0.377 e. The smallest absolute Gasteiger partial charge is 0.148 e. The average Bonchev–Trinajstić information content (AvgIpc) is 2.99. The minimum absolute atomic E-state index is 0. The zero-order valence-electron chi connectivity index (χ0n) is 14.5. The number of hydrogen-bond acceptors (Lipinski definition) is 3. The van der Waals surface area contributed by atoms with Gasteiger partial charge in [0.25, 0.3) is 0 Å². The van der Waals surface area contributed by atoms with Gasteiger partial charge in [-0.3, -0.25) is 9.69 Å². The van der Waals surface area contributed by atoms with E-state index in [-0.39, 0.29) is 12.4 Å². The first-order chi connectivity index (χ1) is 10.8. The normalized spacial score (nSPS) is 30.3. The molecule has 0 aromatic carbocycles. The van der Waals surface area contributed by atoms with Crippen LogP contribution < -0.4 is 0 Å². The summed E-state index contributed by atoms with van der Waals surface area (Å²) in [4.78, 5) is 14.0. The molecule has 0 spiro atoms. The van der Waals surface area contributed by atoms with Crippen LogP contribution >= 0.6 is 12.4 Å². The lowest BCUT2D eigenvalue weighted by atomic mass is 9.86. The van der Waals surface area contributed by atoms with Crippen LogP contribution in [0.3, 0.4) is 0 Å². The van der Waals surface area contributed by atoms with Gasteiger partial charge in [-0.15, -0.1) is 12.4 Å². The molecule has 2 atom stereocenters. The molecule has 0 amide bonds. The Labute approximate surface area is 147 Å². The second kappa shape index (κ2) is 10.0. The fraction of sp³-hybridized carbons (Fsp3) is 0.947. The van der Waals surface area contributed by atoms with E-state index < -0.39 is 0 Å². The molecule has 2 saturated carbocycles. The highest BCUT2D eigenvalue weighted by atomic mass is 35.5. The van der Waals surface area contributed by atoms with Crippen molar-refractivity contribution in [2.24, 2.45) is 5.92 Å². The maximum atomic E-state index is 11.6. The highest BCUT2D eigenvalue weighted by Crippen LogP contribution is 2.29. The summed E-state index contributed by atoms with van der Waals surface area (Å²) in [5.41, 5.74) is 0. The molecule has 4 heteroatoms. The third-order valence-electron chi connectivity index (χ3n) is 6.01. The Balaban J connectivity index is 0.00000192. The molecular weight excluding hydrogens is 310 g/mol. The van der Waals surface area contributed by atoms with Gasteiger partial charge in [-0.1, -0.05) is 44.9 Å². The van der Waals surface area contributed by atoms with Crippen molar-refractivity contribution in [3.63, 3.8) is 0 Å². The second-order valence-corrected chi connectivity index (χ2v) is 7.67. The molecule has 1 saturated heterocycles. The first-order valence-electron chi connectivity index (χ1n) is 9.70. The van der Waals surface area contributed by atoms with Crippen LogP contribution in [0.25, 0.3) is 0 Å². The summed E-state index contributed by atoms with van der Waals surface area (Å²) < 4.78 is 6.28. The van der Waals surface area contributed by atoms with E-state index in [2.05, 4.69) is 4.90 Å². The number of carbonyl (C=O) groups is 1. The first-order valence-corrected chi connectivity index (χ1v) is 9.70. The van der Waals surface area contributed by atoms with Gasteiger partial charge in [0.1, 0.15) is 5.78 Å². The van der Waals surface area contributed by atoms with Crippen molar-refractivity contribution >= 4 is 18.2 Å².